The minimum atomic E-state index is 0.801. The summed E-state index contributed by atoms with van der Waals surface area (Å²) in [5, 5.41) is 0.801. The highest BCUT2D eigenvalue weighted by atomic mass is 35.5. The molecular formula is C20H23ClN2O. The van der Waals surface area contributed by atoms with Crippen LogP contribution in [0.4, 0.5) is 5.69 Å². The predicted octanol–water partition coefficient (Wildman–Crippen LogP) is 4.18. The number of nitrogens with zero attached hydrogens (tertiary/aromatic N) is 2. The minimum absolute atomic E-state index is 0.801. The standard InChI is InChI=1S/C20H23ClN2O/c1-24-20-11-5-4-10-19(20)23-15-13-22(14-16-23)12-6-8-17-7-2-3-9-18(17)21/h2-11H,12-16H2,1H3/b8-6+. The normalized spacial score (nSPS) is 15.8. The third kappa shape index (κ3) is 4.11. The summed E-state index contributed by atoms with van der Waals surface area (Å²) in [7, 11) is 1.73. The molecule has 0 unspecified atom stereocenters. The van der Waals surface area contributed by atoms with Gasteiger partial charge in [-0.05, 0) is 23.8 Å². The van der Waals surface area contributed by atoms with Crippen LogP contribution < -0.4 is 9.64 Å². The molecule has 3 rings (SSSR count). The molecule has 2 aromatic carbocycles. The fourth-order valence-corrected chi connectivity index (χ4v) is 3.20. The van der Waals surface area contributed by atoms with Gasteiger partial charge in [-0.1, -0.05) is 54.1 Å². The first-order chi connectivity index (χ1) is 11.8. The van der Waals surface area contributed by atoms with Crippen molar-refractivity contribution in [2.45, 2.75) is 0 Å². The van der Waals surface area contributed by atoms with E-state index >= 15 is 0 Å². The second-order valence-electron chi connectivity index (χ2n) is 5.88. The van der Waals surface area contributed by atoms with Crippen molar-refractivity contribution in [2.75, 3.05) is 44.7 Å². The van der Waals surface area contributed by atoms with Gasteiger partial charge in [-0.15, -0.1) is 0 Å². The summed E-state index contributed by atoms with van der Waals surface area (Å²) in [6.45, 7) is 5.07. The van der Waals surface area contributed by atoms with E-state index in [2.05, 4.69) is 34.1 Å². The van der Waals surface area contributed by atoms with Gasteiger partial charge in [-0.25, -0.2) is 0 Å². The molecule has 0 bridgehead atoms. The maximum Gasteiger partial charge on any atom is 0.142 e. The molecule has 3 nitrogen and oxygen atoms in total. The molecule has 1 saturated heterocycles. The number of hydrogen-bond acceptors (Lipinski definition) is 3. The Morgan fingerprint density at radius 1 is 1.00 bits per heavy atom. The molecule has 1 heterocycles. The molecule has 1 fully saturated rings. The summed E-state index contributed by atoms with van der Waals surface area (Å²) in [6.07, 6.45) is 4.30. The van der Waals surface area contributed by atoms with E-state index in [-0.39, 0.29) is 0 Å². The highest BCUT2D eigenvalue weighted by Crippen LogP contribution is 2.28. The van der Waals surface area contributed by atoms with Crippen molar-refractivity contribution in [3.05, 3.63) is 65.2 Å². The van der Waals surface area contributed by atoms with Gasteiger partial charge in [0, 0.05) is 37.7 Å². The number of halogens is 1. The van der Waals surface area contributed by atoms with Gasteiger partial charge in [0.1, 0.15) is 5.75 Å². The van der Waals surface area contributed by atoms with E-state index in [0.717, 1.165) is 49.1 Å². The zero-order valence-electron chi connectivity index (χ0n) is 14.0. The fourth-order valence-electron chi connectivity index (χ4n) is 3.00. The van der Waals surface area contributed by atoms with Crippen LogP contribution in [0.15, 0.2) is 54.6 Å². The number of para-hydroxylation sites is 2. The van der Waals surface area contributed by atoms with Crippen LogP contribution in [0.25, 0.3) is 6.08 Å². The lowest BCUT2D eigenvalue weighted by Gasteiger charge is -2.36. The maximum atomic E-state index is 6.18. The Morgan fingerprint density at radius 3 is 2.46 bits per heavy atom. The van der Waals surface area contributed by atoms with Crippen LogP contribution in [-0.2, 0) is 0 Å². The van der Waals surface area contributed by atoms with E-state index in [0.29, 0.717) is 0 Å². The fraction of sp³-hybridized carbons (Fsp3) is 0.300. The lowest BCUT2D eigenvalue weighted by molar-refractivity contribution is 0.283. The highest BCUT2D eigenvalue weighted by molar-refractivity contribution is 6.32. The molecule has 0 amide bonds. The van der Waals surface area contributed by atoms with Crippen molar-refractivity contribution in [3.63, 3.8) is 0 Å². The van der Waals surface area contributed by atoms with Gasteiger partial charge in [0.15, 0.2) is 0 Å². The summed E-state index contributed by atoms with van der Waals surface area (Å²) in [4.78, 5) is 4.85. The number of hydrogen-bond donors (Lipinski definition) is 0. The first kappa shape index (κ1) is 16.9. The quantitative estimate of drug-likeness (QED) is 0.810. The molecule has 1 aliphatic heterocycles. The second-order valence-corrected chi connectivity index (χ2v) is 6.29. The molecule has 0 radical (unpaired) electrons. The lowest BCUT2D eigenvalue weighted by atomic mass is 10.2. The monoisotopic (exact) mass is 342 g/mol. The summed E-state index contributed by atoms with van der Waals surface area (Å²) in [5.74, 6) is 0.949. The van der Waals surface area contributed by atoms with E-state index in [9.17, 15) is 0 Å². The number of ether oxygens (including phenoxy) is 1. The first-order valence-electron chi connectivity index (χ1n) is 8.29. The Hall–Kier alpha value is -1.97. The van der Waals surface area contributed by atoms with Gasteiger partial charge in [0.05, 0.1) is 12.8 Å². The Bertz CT molecular complexity index is 694. The van der Waals surface area contributed by atoms with Crippen LogP contribution in [0, 0.1) is 0 Å². The van der Waals surface area contributed by atoms with Crippen molar-refractivity contribution in [3.8, 4) is 5.75 Å². The molecule has 0 aromatic heterocycles. The van der Waals surface area contributed by atoms with Crippen molar-refractivity contribution in [1.82, 2.24) is 4.90 Å². The second kappa shape index (κ2) is 8.22. The van der Waals surface area contributed by atoms with E-state index < -0.39 is 0 Å². The van der Waals surface area contributed by atoms with Crippen molar-refractivity contribution in [1.29, 1.82) is 0 Å². The van der Waals surface area contributed by atoms with Gasteiger partial charge in [0.2, 0.25) is 0 Å². The molecule has 0 atom stereocenters. The number of anilines is 1. The molecule has 2 aromatic rings. The predicted molar refractivity (Wildman–Crippen MR) is 102 cm³/mol. The highest BCUT2D eigenvalue weighted by Gasteiger charge is 2.18. The Balaban J connectivity index is 1.53. The SMILES string of the molecule is COc1ccccc1N1CCN(C/C=C/c2ccccc2Cl)CC1. The van der Waals surface area contributed by atoms with Gasteiger partial charge >= 0.3 is 0 Å². The number of piperazine rings is 1. The number of rotatable bonds is 5. The van der Waals surface area contributed by atoms with Crippen LogP contribution in [0.5, 0.6) is 5.75 Å². The molecule has 1 aliphatic rings. The maximum absolute atomic E-state index is 6.18. The summed E-state index contributed by atoms with van der Waals surface area (Å²) < 4.78 is 5.47. The van der Waals surface area contributed by atoms with E-state index in [4.69, 9.17) is 16.3 Å². The average molecular weight is 343 g/mol. The Labute approximate surface area is 149 Å². The zero-order valence-corrected chi connectivity index (χ0v) is 14.7. The third-order valence-corrected chi connectivity index (χ3v) is 4.71. The Kier molecular flexibility index (Phi) is 5.78. The molecule has 0 N–H and O–H groups in total. The summed E-state index contributed by atoms with van der Waals surface area (Å²) in [5.41, 5.74) is 2.26. The van der Waals surface area contributed by atoms with Gasteiger partial charge in [-0.2, -0.15) is 0 Å². The molecular weight excluding hydrogens is 320 g/mol. The molecule has 126 valence electrons. The average Bonchev–Trinajstić information content (AvgIpc) is 2.64. The van der Waals surface area contributed by atoms with Crippen molar-refractivity contribution in [2.24, 2.45) is 0 Å². The summed E-state index contributed by atoms with van der Waals surface area (Å²) in [6, 6.07) is 16.2. The minimum Gasteiger partial charge on any atom is -0.495 e. The number of methoxy groups -OCH3 is 1. The van der Waals surface area contributed by atoms with Crippen LogP contribution >= 0.6 is 11.6 Å². The molecule has 0 saturated carbocycles. The van der Waals surface area contributed by atoms with Crippen molar-refractivity contribution < 1.29 is 4.74 Å². The summed E-state index contributed by atoms with van der Waals surface area (Å²) >= 11 is 6.18. The Morgan fingerprint density at radius 2 is 1.71 bits per heavy atom. The van der Waals surface area contributed by atoms with Crippen LogP contribution in [0.3, 0.4) is 0 Å². The first-order valence-corrected chi connectivity index (χ1v) is 8.67. The molecule has 0 spiro atoms. The smallest absolute Gasteiger partial charge is 0.142 e. The number of benzene rings is 2. The van der Waals surface area contributed by atoms with E-state index in [1.54, 1.807) is 7.11 Å². The zero-order chi connectivity index (χ0) is 16.8. The van der Waals surface area contributed by atoms with Crippen LogP contribution in [0.1, 0.15) is 5.56 Å². The van der Waals surface area contributed by atoms with Crippen LogP contribution in [-0.4, -0.2) is 44.7 Å². The van der Waals surface area contributed by atoms with Gasteiger partial charge in [-0.3, -0.25) is 4.90 Å². The molecule has 4 heteroatoms. The van der Waals surface area contributed by atoms with Crippen molar-refractivity contribution >= 4 is 23.4 Å². The van der Waals surface area contributed by atoms with Gasteiger partial charge in [0.25, 0.3) is 0 Å². The topological polar surface area (TPSA) is 15.7 Å². The molecule has 0 aliphatic carbocycles. The third-order valence-electron chi connectivity index (χ3n) is 4.36. The molecule has 24 heavy (non-hydrogen) atoms. The van der Waals surface area contributed by atoms with Gasteiger partial charge < -0.3 is 9.64 Å². The largest absolute Gasteiger partial charge is 0.495 e. The van der Waals surface area contributed by atoms with Crippen LogP contribution in [0.2, 0.25) is 5.02 Å². The van der Waals surface area contributed by atoms with E-state index in [1.165, 1.54) is 5.69 Å². The lowest BCUT2D eigenvalue weighted by Crippen LogP contribution is -2.46. The van der Waals surface area contributed by atoms with E-state index in [1.807, 2.05) is 36.4 Å².